The molecule has 64 valence electrons. The van der Waals surface area contributed by atoms with Crippen molar-refractivity contribution < 1.29 is 9.90 Å². The summed E-state index contributed by atoms with van der Waals surface area (Å²) in [5, 5.41) is 8.66. The third-order valence-electron chi connectivity index (χ3n) is 2.41. The minimum atomic E-state index is -0.641. The first-order valence-corrected chi connectivity index (χ1v) is 4.56. The van der Waals surface area contributed by atoms with Gasteiger partial charge in [0.1, 0.15) is 0 Å². The Balaban J connectivity index is 2.30. The lowest BCUT2D eigenvalue weighted by atomic mass is 9.83. The molecule has 1 aliphatic carbocycles. The van der Waals surface area contributed by atoms with E-state index in [1.807, 2.05) is 0 Å². The van der Waals surface area contributed by atoms with Gasteiger partial charge >= 0.3 is 5.97 Å². The van der Waals surface area contributed by atoms with E-state index < -0.39 is 5.97 Å². The van der Waals surface area contributed by atoms with E-state index in [0.29, 0.717) is 11.8 Å². The van der Waals surface area contributed by atoms with Crippen LogP contribution in [0.5, 0.6) is 0 Å². The van der Waals surface area contributed by atoms with Gasteiger partial charge in [0.15, 0.2) is 0 Å². The van der Waals surface area contributed by atoms with E-state index in [4.69, 9.17) is 16.7 Å². The number of carbonyl (C=O) groups is 1. The molecule has 0 heterocycles. The minimum absolute atomic E-state index is 0.102. The number of alkyl halides is 1. The second-order valence-corrected chi connectivity index (χ2v) is 3.52. The second-order valence-electron chi connectivity index (χ2n) is 3.21. The lowest BCUT2D eigenvalue weighted by Gasteiger charge is -2.23. The third kappa shape index (κ3) is 2.37. The van der Waals surface area contributed by atoms with Crippen LogP contribution in [-0.4, -0.2) is 17.0 Å². The van der Waals surface area contributed by atoms with E-state index in [1.165, 1.54) is 0 Å². The Morgan fingerprint density at radius 1 is 1.36 bits per heavy atom. The first-order valence-electron chi connectivity index (χ1n) is 4.02. The van der Waals surface area contributed by atoms with Crippen molar-refractivity contribution in [2.24, 2.45) is 11.8 Å². The van der Waals surface area contributed by atoms with Crippen LogP contribution in [0.3, 0.4) is 0 Å². The maximum atomic E-state index is 10.5. The normalized spacial score (nSPS) is 31.7. The highest BCUT2D eigenvalue weighted by atomic mass is 35.5. The average molecular weight is 177 g/mol. The first kappa shape index (κ1) is 8.85. The summed E-state index contributed by atoms with van der Waals surface area (Å²) >= 11 is 5.66. The average Bonchev–Trinajstić information content (AvgIpc) is 2.05. The van der Waals surface area contributed by atoms with Crippen LogP contribution in [0.4, 0.5) is 0 Å². The summed E-state index contributed by atoms with van der Waals surface area (Å²) < 4.78 is 0. The first-order chi connectivity index (χ1) is 5.24. The lowest BCUT2D eigenvalue weighted by Crippen LogP contribution is -2.21. The Morgan fingerprint density at radius 3 is 2.27 bits per heavy atom. The quantitative estimate of drug-likeness (QED) is 0.655. The van der Waals surface area contributed by atoms with Gasteiger partial charge in [0.25, 0.3) is 0 Å². The smallest absolute Gasteiger partial charge is 0.306 e. The van der Waals surface area contributed by atoms with Gasteiger partial charge in [0.2, 0.25) is 0 Å². The summed E-state index contributed by atoms with van der Waals surface area (Å²) in [5.41, 5.74) is 0. The molecule has 0 atom stereocenters. The molecule has 0 amide bonds. The Morgan fingerprint density at radius 2 is 1.91 bits per heavy atom. The number of halogens is 1. The molecular weight excluding hydrogens is 164 g/mol. The summed E-state index contributed by atoms with van der Waals surface area (Å²) in [7, 11) is 0. The SMILES string of the molecule is O=C(O)[C@H]1CC[C@H](CCl)CC1. The molecule has 2 nitrogen and oxygen atoms in total. The minimum Gasteiger partial charge on any atom is -0.481 e. The van der Waals surface area contributed by atoms with Crippen LogP contribution in [0.15, 0.2) is 0 Å². The number of aliphatic carboxylic acids is 1. The largest absolute Gasteiger partial charge is 0.481 e. The maximum Gasteiger partial charge on any atom is 0.306 e. The van der Waals surface area contributed by atoms with E-state index in [0.717, 1.165) is 25.7 Å². The van der Waals surface area contributed by atoms with Gasteiger partial charge in [-0.05, 0) is 31.6 Å². The topological polar surface area (TPSA) is 37.3 Å². The monoisotopic (exact) mass is 176 g/mol. The molecule has 0 aliphatic heterocycles. The molecular formula is C8H13ClO2. The molecule has 0 saturated heterocycles. The van der Waals surface area contributed by atoms with Crippen LogP contribution in [0, 0.1) is 11.8 Å². The molecule has 1 N–H and O–H groups in total. The van der Waals surface area contributed by atoms with Crippen LogP contribution < -0.4 is 0 Å². The third-order valence-corrected chi connectivity index (χ3v) is 2.85. The molecule has 0 aromatic rings. The number of carboxylic acid groups (broad SMARTS) is 1. The Labute approximate surface area is 71.5 Å². The van der Waals surface area contributed by atoms with Crippen molar-refractivity contribution in [2.75, 3.05) is 5.88 Å². The number of hydrogen-bond acceptors (Lipinski definition) is 1. The van der Waals surface area contributed by atoms with E-state index >= 15 is 0 Å². The Bertz CT molecular complexity index is 139. The zero-order chi connectivity index (χ0) is 8.27. The van der Waals surface area contributed by atoms with Crippen LogP contribution >= 0.6 is 11.6 Å². The summed E-state index contributed by atoms with van der Waals surface area (Å²) in [4.78, 5) is 10.5. The van der Waals surface area contributed by atoms with Crippen LogP contribution in [0.2, 0.25) is 0 Å². The van der Waals surface area contributed by atoms with Crippen molar-refractivity contribution in [1.29, 1.82) is 0 Å². The van der Waals surface area contributed by atoms with Crippen LogP contribution in [0.25, 0.3) is 0 Å². The zero-order valence-corrected chi connectivity index (χ0v) is 7.18. The standard InChI is InChI=1S/C8H13ClO2/c9-5-6-1-3-7(4-2-6)8(10)11/h6-7H,1-5H2,(H,10,11)/t6-,7-. The van der Waals surface area contributed by atoms with Crippen molar-refractivity contribution in [3.05, 3.63) is 0 Å². The predicted molar refractivity (Wildman–Crippen MR) is 43.8 cm³/mol. The fourth-order valence-electron chi connectivity index (χ4n) is 1.56. The van der Waals surface area contributed by atoms with Crippen molar-refractivity contribution >= 4 is 17.6 Å². The van der Waals surface area contributed by atoms with Crippen molar-refractivity contribution in [1.82, 2.24) is 0 Å². The lowest BCUT2D eigenvalue weighted by molar-refractivity contribution is -0.143. The fourth-order valence-corrected chi connectivity index (χ4v) is 1.87. The summed E-state index contributed by atoms with van der Waals surface area (Å²) in [6, 6.07) is 0. The van der Waals surface area contributed by atoms with Gasteiger partial charge in [-0.15, -0.1) is 11.6 Å². The van der Waals surface area contributed by atoms with Gasteiger partial charge in [-0.1, -0.05) is 0 Å². The van der Waals surface area contributed by atoms with Gasteiger partial charge in [0.05, 0.1) is 5.92 Å². The van der Waals surface area contributed by atoms with Crippen LogP contribution in [-0.2, 0) is 4.79 Å². The molecule has 11 heavy (non-hydrogen) atoms. The van der Waals surface area contributed by atoms with E-state index in [1.54, 1.807) is 0 Å². The molecule has 1 aliphatic rings. The van der Waals surface area contributed by atoms with E-state index in [-0.39, 0.29) is 5.92 Å². The molecule has 1 fully saturated rings. The van der Waals surface area contributed by atoms with Gasteiger partial charge in [-0.2, -0.15) is 0 Å². The molecule has 0 aromatic carbocycles. The molecule has 0 spiro atoms. The zero-order valence-electron chi connectivity index (χ0n) is 6.42. The van der Waals surface area contributed by atoms with Gasteiger partial charge in [-0.3, -0.25) is 4.79 Å². The fraction of sp³-hybridized carbons (Fsp3) is 0.875. The van der Waals surface area contributed by atoms with Gasteiger partial charge < -0.3 is 5.11 Å². The number of carboxylic acids is 1. The van der Waals surface area contributed by atoms with Crippen molar-refractivity contribution in [2.45, 2.75) is 25.7 Å². The highest BCUT2D eigenvalue weighted by Gasteiger charge is 2.24. The molecule has 0 unspecified atom stereocenters. The second kappa shape index (κ2) is 3.96. The summed E-state index contributed by atoms with van der Waals surface area (Å²) in [6.07, 6.45) is 3.60. The van der Waals surface area contributed by atoms with Gasteiger partial charge in [0, 0.05) is 5.88 Å². The molecule has 1 saturated carbocycles. The molecule has 1 rings (SSSR count). The molecule has 3 heteroatoms. The Hall–Kier alpha value is -0.240. The van der Waals surface area contributed by atoms with Crippen LogP contribution in [0.1, 0.15) is 25.7 Å². The molecule has 0 aromatic heterocycles. The van der Waals surface area contributed by atoms with Crippen molar-refractivity contribution in [3.63, 3.8) is 0 Å². The Kier molecular flexibility index (Phi) is 3.18. The summed E-state index contributed by atoms with van der Waals surface area (Å²) in [6.45, 7) is 0. The highest BCUT2D eigenvalue weighted by Crippen LogP contribution is 2.29. The maximum absolute atomic E-state index is 10.5. The molecule has 0 radical (unpaired) electrons. The molecule has 0 bridgehead atoms. The number of hydrogen-bond donors (Lipinski definition) is 1. The predicted octanol–water partition coefficient (Wildman–Crippen LogP) is 2.12. The van der Waals surface area contributed by atoms with E-state index in [2.05, 4.69) is 0 Å². The highest BCUT2D eigenvalue weighted by molar-refractivity contribution is 6.18. The van der Waals surface area contributed by atoms with E-state index in [9.17, 15) is 4.79 Å². The summed E-state index contributed by atoms with van der Waals surface area (Å²) in [5.74, 6) is 0.506. The van der Waals surface area contributed by atoms with Gasteiger partial charge in [-0.25, -0.2) is 0 Å². The van der Waals surface area contributed by atoms with Crippen molar-refractivity contribution in [3.8, 4) is 0 Å². The number of rotatable bonds is 2.